The van der Waals surface area contributed by atoms with E-state index in [2.05, 4.69) is 24.1 Å². The normalized spacial score (nSPS) is 16.4. The van der Waals surface area contributed by atoms with Crippen molar-refractivity contribution in [2.24, 2.45) is 5.92 Å². The number of hydrogen-bond donors (Lipinski definition) is 1. The highest BCUT2D eigenvalue weighted by Crippen LogP contribution is 2.30. The summed E-state index contributed by atoms with van der Waals surface area (Å²) >= 11 is 0. The van der Waals surface area contributed by atoms with Crippen molar-refractivity contribution in [2.45, 2.75) is 45.6 Å². The molecule has 1 aromatic carbocycles. The van der Waals surface area contributed by atoms with Gasteiger partial charge in [0.2, 0.25) is 0 Å². The molecule has 0 heterocycles. The van der Waals surface area contributed by atoms with Crippen LogP contribution in [0.5, 0.6) is 0 Å². The minimum absolute atomic E-state index is 0.156. The van der Waals surface area contributed by atoms with Gasteiger partial charge in [0.05, 0.1) is 0 Å². The zero-order valence-electron chi connectivity index (χ0n) is 13.4. The van der Waals surface area contributed by atoms with E-state index in [1.807, 2.05) is 12.1 Å². The van der Waals surface area contributed by atoms with E-state index in [0.717, 1.165) is 38.4 Å². The summed E-state index contributed by atoms with van der Waals surface area (Å²) in [4.78, 5) is 2.56. The summed E-state index contributed by atoms with van der Waals surface area (Å²) in [6.45, 7) is 8.93. The second-order valence-corrected chi connectivity index (χ2v) is 6.18. The van der Waals surface area contributed by atoms with E-state index in [0.29, 0.717) is 6.04 Å². The number of halogens is 1. The van der Waals surface area contributed by atoms with Crippen LogP contribution in [0.4, 0.5) is 4.39 Å². The standard InChI is InChI=1S/C18H29FN2/c1-3-12-20-18(16-7-9-17(19)10-8-16)11-13-21(4-2)14-15-5-6-15/h7-10,15,18,20H,3-6,11-14H2,1-2H3. The third kappa shape index (κ3) is 5.76. The van der Waals surface area contributed by atoms with Crippen LogP contribution in [-0.2, 0) is 0 Å². The lowest BCUT2D eigenvalue weighted by molar-refractivity contribution is 0.259. The van der Waals surface area contributed by atoms with Gasteiger partial charge in [-0.25, -0.2) is 4.39 Å². The van der Waals surface area contributed by atoms with Gasteiger partial charge in [0, 0.05) is 12.6 Å². The van der Waals surface area contributed by atoms with Crippen LogP contribution in [-0.4, -0.2) is 31.1 Å². The molecule has 1 unspecified atom stereocenters. The lowest BCUT2D eigenvalue weighted by Crippen LogP contribution is -2.31. The predicted molar refractivity (Wildman–Crippen MR) is 86.9 cm³/mol. The number of hydrogen-bond acceptors (Lipinski definition) is 2. The van der Waals surface area contributed by atoms with Crippen LogP contribution in [0.3, 0.4) is 0 Å². The summed E-state index contributed by atoms with van der Waals surface area (Å²) < 4.78 is 13.1. The van der Waals surface area contributed by atoms with Crippen LogP contribution in [0.25, 0.3) is 0 Å². The molecule has 3 heteroatoms. The van der Waals surface area contributed by atoms with Gasteiger partial charge in [0.1, 0.15) is 5.82 Å². The molecule has 1 N–H and O–H groups in total. The molecular formula is C18H29FN2. The number of nitrogens with one attached hydrogen (secondary N) is 1. The topological polar surface area (TPSA) is 15.3 Å². The first kappa shape index (κ1) is 16.4. The molecule has 2 rings (SSSR count). The van der Waals surface area contributed by atoms with E-state index in [1.165, 1.54) is 24.9 Å². The minimum atomic E-state index is -0.156. The smallest absolute Gasteiger partial charge is 0.123 e. The summed E-state index contributed by atoms with van der Waals surface area (Å²) in [6.07, 6.45) is 5.03. The maximum atomic E-state index is 13.1. The minimum Gasteiger partial charge on any atom is -0.310 e. The lowest BCUT2D eigenvalue weighted by atomic mass is 10.0. The van der Waals surface area contributed by atoms with E-state index >= 15 is 0 Å². The molecule has 118 valence electrons. The van der Waals surface area contributed by atoms with Crippen LogP contribution in [0, 0.1) is 11.7 Å². The molecule has 1 atom stereocenters. The lowest BCUT2D eigenvalue weighted by Gasteiger charge is -2.25. The van der Waals surface area contributed by atoms with Crippen molar-refractivity contribution in [2.75, 3.05) is 26.2 Å². The third-order valence-electron chi connectivity index (χ3n) is 4.31. The fourth-order valence-corrected chi connectivity index (χ4v) is 2.76. The van der Waals surface area contributed by atoms with E-state index in [4.69, 9.17) is 0 Å². The van der Waals surface area contributed by atoms with Gasteiger partial charge in [-0.2, -0.15) is 0 Å². The summed E-state index contributed by atoms with van der Waals surface area (Å²) in [5.74, 6) is 0.787. The van der Waals surface area contributed by atoms with Gasteiger partial charge in [-0.1, -0.05) is 26.0 Å². The Kier molecular flexibility index (Phi) is 6.65. The summed E-state index contributed by atoms with van der Waals surface area (Å²) in [5.41, 5.74) is 1.20. The fourth-order valence-electron chi connectivity index (χ4n) is 2.76. The molecule has 0 spiro atoms. The van der Waals surface area contributed by atoms with Crippen LogP contribution < -0.4 is 5.32 Å². The molecule has 0 aliphatic heterocycles. The highest BCUT2D eigenvalue weighted by molar-refractivity contribution is 5.20. The van der Waals surface area contributed by atoms with E-state index in [-0.39, 0.29) is 5.82 Å². The van der Waals surface area contributed by atoms with Gasteiger partial charge in [-0.15, -0.1) is 0 Å². The van der Waals surface area contributed by atoms with Gasteiger partial charge in [0.15, 0.2) is 0 Å². The average Bonchev–Trinajstić information content (AvgIpc) is 3.31. The maximum absolute atomic E-state index is 13.1. The van der Waals surface area contributed by atoms with Crippen molar-refractivity contribution in [1.29, 1.82) is 0 Å². The predicted octanol–water partition coefficient (Wildman–Crippen LogP) is 3.99. The average molecular weight is 292 g/mol. The van der Waals surface area contributed by atoms with Crippen molar-refractivity contribution in [3.8, 4) is 0 Å². The van der Waals surface area contributed by atoms with Crippen LogP contribution in [0.15, 0.2) is 24.3 Å². The Morgan fingerprint density at radius 1 is 1.24 bits per heavy atom. The Morgan fingerprint density at radius 2 is 1.95 bits per heavy atom. The van der Waals surface area contributed by atoms with Gasteiger partial charge in [-0.05, 0) is 68.9 Å². The quantitative estimate of drug-likeness (QED) is 0.701. The molecule has 2 nitrogen and oxygen atoms in total. The Labute approximate surface area is 128 Å². The zero-order valence-corrected chi connectivity index (χ0v) is 13.4. The molecule has 1 fully saturated rings. The Bertz CT molecular complexity index is 400. The molecular weight excluding hydrogens is 263 g/mol. The SMILES string of the molecule is CCCNC(CCN(CC)CC1CC1)c1ccc(F)cc1. The van der Waals surface area contributed by atoms with Crippen molar-refractivity contribution in [3.63, 3.8) is 0 Å². The summed E-state index contributed by atoms with van der Waals surface area (Å²) in [6, 6.07) is 7.30. The highest BCUT2D eigenvalue weighted by Gasteiger charge is 2.24. The summed E-state index contributed by atoms with van der Waals surface area (Å²) in [5, 5.41) is 3.60. The third-order valence-corrected chi connectivity index (χ3v) is 4.31. The first-order valence-electron chi connectivity index (χ1n) is 8.44. The Balaban J connectivity index is 1.89. The van der Waals surface area contributed by atoms with Crippen LogP contribution in [0.1, 0.15) is 51.1 Å². The largest absolute Gasteiger partial charge is 0.310 e. The molecule has 0 amide bonds. The van der Waals surface area contributed by atoms with E-state index in [9.17, 15) is 4.39 Å². The summed E-state index contributed by atoms with van der Waals surface area (Å²) in [7, 11) is 0. The van der Waals surface area contributed by atoms with Crippen molar-refractivity contribution < 1.29 is 4.39 Å². The number of benzene rings is 1. The Morgan fingerprint density at radius 3 is 2.52 bits per heavy atom. The van der Waals surface area contributed by atoms with E-state index < -0.39 is 0 Å². The fraction of sp³-hybridized carbons (Fsp3) is 0.667. The molecule has 1 aromatic rings. The van der Waals surface area contributed by atoms with Gasteiger partial charge in [-0.3, -0.25) is 0 Å². The van der Waals surface area contributed by atoms with Crippen molar-refractivity contribution >= 4 is 0 Å². The second kappa shape index (κ2) is 8.50. The van der Waals surface area contributed by atoms with Crippen molar-refractivity contribution in [1.82, 2.24) is 10.2 Å². The molecule has 1 aliphatic rings. The van der Waals surface area contributed by atoms with Gasteiger partial charge < -0.3 is 10.2 Å². The first-order chi connectivity index (χ1) is 10.2. The molecule has 1 saturated carbocycles. The molecule has 0 bridgehead atoms. The maximum Gasteiger partial charge on any atom is 0.123 e. The molecule has 0 saturated heterocycles. The first-order valence-corrected chi connectivity index (χ1v) is 8.44. The van der Waals surface area contributed by atoms with E-state index in [1.54, 1.807) is 12.1 Å². The monoisotopic (exact) mass is 292 g/mol. The zero-order chi connectivity index (χ0) is 15.1. The van der Waals surface area contributed by atoms with Crippen LogP contribution in [0.2, 0.25) is 0 Å². The highest BCUT2D eigenvalue weighted by atomic mass is 19.1. The number of nitrogens with zero attached hydrogens (tertiary/aromatic N) is 1. The molecule has 0 radical (unpaired) electrons. The molecule has 0 aromatic heterocycles. The van der Waals surface area contributed by atoms with Crippen molar-refractivity contribution in [3.05, 3.63) is 35.6 Å². The number of rotatable bonds is 10. The molecule has 21 heavy (non-hydrogen) atoms. The van der Waals surface area contributed by atoms with Crippen LogP contribution >= 0.6 is 0 Å². The second-order valence-electron chi connectivity index (χ2n) is 6.18. The van der Waals surface area contributed by atoms with Gasteiger partial charge in [0.25, 0.3) is 0 Å². The molecule has 1 aliphatic carbocycles. The Hall–Kier alpha value is -0.930. The van der Waals surface area contributed by atoms with Gasteiger partial charge >= 0.3 is 0 Å².